The summed E-state index contributed by atoms with van der Waals surface area (Å²) in [6.45, 7) is 2.02. The third-order valence-electron chi connectivity index (χ3n) is 2.64. The average Bonchev–Trinajstić information content (AvgIpc) is 2.34. The van der Waals surface area contributed by atoms with Crippen molar-refractivity contribution in [2.24, 2.45) is 0 Å². The van der Waals surface area contributed by atoms with E-state index in [4.69, 9.17) is 11.6 Å². The predicted molar refractivity (Wildman–Crippen MR) is 73.1 cm³/mol. The molecule has 0 aliphatic rings. The molecule has 1 aromatic carbocycles. The Morgan fingerprint density at radius 2 is 2.15 bits per heavy atom. The fourth-order valence-electron chi connectivity index (χ4n) is 1.69. The molecule has 0 radical (unpaired) electrons. The van der Waals surface area contributed by atoms with Crippen molar-refractivity contribution in [3.8, 4) is 5.75 Å². The number of carbonyl (C=O) groups excluding carboxylic acids is 1. The number of halogens is 2. The molecular formula is C14H14Cl2N2O2. The molecule has 0 unspecified atom stereocenters. The Kier molecular flexibility index (Phi) is 5.80. The van der Waals surface area contributed by atoms with Gasteiger partial charge in [-0.25, -0.2) is 0 Å². The van der Waals surface area contributed by atoms with Gasteiger partial charge in [-0.05, 0) is 30.7 Å². The number of rotatable bonds is 3. The van der Waals surface area contributed by atoms with Gasteiger partial charge in [-0.3, -0.25) is 4.79 Å². The van der Waals surface area contributed by atoms with Crippen LogP contribution in [0.25, 0.3) is 0 Å². The van der Waals surface area contributed by atoms with Gasteiger partial charge in [0.2, 0.25) is 12.7 Å². The van der Waals surface area contributed by atoms with E-state index in [0.29, 0.717) is 10.7 Å². The van der Waals surface area contributed by atoms with E-state index in [1.807, 2.05) is 13.0 Å². The minimum atomic E-state index is -0.180. The number of benzene rings is 1. The largest absolute Gasteiger partial charge is 1.00 e. The van der Waals surface area contributed by atoms with E-state index in [9.17, 15) is 9.90 Å². The number of hydrogen-bond acceptors (Lipinski definition) is 2. The number of anilines is 1. The number of hydrogen-bond donors (Lipinski definition) is 2. The summed E-state index contributed by atoms with van der Waals surface area (Å²) in [7, 11) is 0. The van der Waals surface area contributed by atoms with E-state index in [1.165, 1.54) is 6.20 Å². The van der Waals surface area contributed by atoms with Crippen molar-refractivity contribution in [2.75, 3.05) is 5.32 Å². The Labute approximate surface area is 128 Å². The molecule has 0 aliphatic carbocycles. The molecular weight excluding hydrogens is 299 g/mol. The lowest BCUT2D eigenvalue weighted by Gasteiger charge is -2.07. The van der Waals surface area contributed by atoms with E-state index in [0.717, 1.165) is 5.56 Å². The molecule has 20 heavy (non-hydrogen) atoms. The first kappa shape index (κ1) is 16.3. The van der Waals surface area contributed by atoms with Gasteiger partial charge in [-0.2, -0.15) is 4.57 Å². The molecule has 106 valence electrons. The molecule has 2 aromatic rings. The molecule has 2 N–H and O–H groups in total. The number of amides is 1. The Bertz CT molecular complexity index is 618. The standard InChI is InChI=1S/C14H13ClN2O2.ClH/c1-10-4-5-11(15)7-13(10)16-14(19)9-17-6-2-3-12(18)8-17;/h2-8H,9H2,1H3,(H-,16,18,19);1H. The van der Waals surface area contributed by atoms with Gasteiger partial charge in [-0.1, -0.05) is 17.7 Å². The van der Waals surface area contributed by atoms with E-state index in [1.54, 1.807) is 35.0 Å². The van der Waals surface area contributed by atoms with Crippen LogP contribution in [-0.2, 0) is 11.3 Å². The molecule has 1 amide bonds. The fraction of sp³-hybridized carbons (Fsp3) is 0.143. The zero-order valence-electron chi connectivity index (χ0n) is 10.8. The van der Waals surface area contributed by atoms with E-state index in [-0.39, 0.29) is 30.6 Å². The van der Waals surface area contributed by atoms with Gasteiger partial charge in [0, 0.05) is 16.8 Å². The zero-order chi connectivity index (χ0) is 13.8. The Morgan fingerprint density at radius 1 is 1.40 bits per heavy atom. The number of pyridine rings is 1. The number of aromatic hydroxyl groups is 1. The second-order valence-corrected chi connectivity index (χ2v) is 4.68. The third-order valence-corrected chi connectivity index (χ3v) is 2.88. The predicted octanol–water partition coefficient (Wildman–Crippen LogP) is -0.716. The molecule has 0 atom stereocenters. The van der Waals surface area contributed by atoms with Crippen molar-refractivity contribution >= 4 is 23.2 Å². The highest BCUT2D eigenvalue weighted by Crippen LogP contribution is 2.19. The average molecular weight is 313 g/mol. The van der Waals surface area contributed by atoms with Gasteiger partial charge < -0.3 is 22.8 Å². The normalized spacial score (nSPS) is 9.70. The van der Waals surface area contributed by atoms with E-state index in [2.05, 4.69) is 5.32 Å². The van der Waals surface area contributed by atoms with Gasteiger partial charge in [0.25, 0.3) is 5.91 Å². The van der Waals surface area contributed by atoms with Crippen LogP contribution >= 0.6 is 11.6 Å². The molecule has 6 heteroatoms. The smallest absolute Gasteiger partial charge is 0.290 e. The van der Waals surface area contributed by atoms with Crippen LogP contribution in [0.5, 0.6) is 5.75 Å². The highest BCUT2D eigenvalue weighted by molar-refractivity contribution is 6.31. The molecule has 4 nitrogen and oxygen atoms in total. The van der Waals surface area contributed by atoms with Crippen LogP contribution in [0.3, 0.4) is 0 Å². The summed E-state index contributed by atoms with van der Waals surface area (Å²) in [5, 5.41) is 12.7. The molecule has 0 fully saturated rings. The van der Waals surface area contributed by atoms with Crippen molar-refractivity contribution in [1.29, 1.82) is 0 Å². The summed E-state index contributed by atoms with van der Waals surface area (Å²) < 4.78 is 1.60. The van der Waals surface area contributed by atoms with Crippen molar-refractivity contribution in [3.63, 3.8) is 0 Å². The Morgan fingerprint density at radius 3 is 2.85 bits per heavy atom. The zero-order valence-corrected chi connectivity index (χ0v) is 12.3. The third kappa shape index (κ3) is 4.40. The Balaban J connectivity index is 0.00000200. The maximum absolute atomic E-state index is 11.9. The monoisotopic (exact) mass is 312 g/mol. The summed E-state index contributed by atoms with van der Waals surface area (Å²) in [6, 6.07) is 8.56. The fourth-order valence-corrected chi connectivity index (χ4v) is 1.86. The van der Waals surface area contributed by atoms with Crippen molar-refractivity contribution < 1.29 is 26.9 Å². The summed E-state index contributed by atoms with van der Waals surface area (Å²) >= 11 is 5.89. The van der Waals surface area contributed by atoms with Gasteiger partial charge in [0.05, 0.1) is 0 Å². The van der Waals surface area contributed by atoms with Gasteiger partial charge in [0.1, 0.15) is 0 Å². The van der Waals surface area contributed by atoms with E-state index >= 15 is 0 Å². The molecule has 0 bridgehead atoms. The number of aryl methyl sites for hydroxylation is 1. The highest BCUT2D eigenvalue weighted by atomic mass is 35.5. The van der Waals surface area contributed by atoms with Crippen LogP contribution < -0.4 is 22.3 Å². The summed E-state index contributed by atoms with van der Waals surface area (Å²) in [5.41, 5.74) is 1.64. The lowest BCUT2D eigenvalue weighted by molar-refractivity contribution is -0.684. The topological polar surface area (TPSA) is 53.2 Å². The molecule has 1 aromatic heterocycles. The Hall–Kier alpha value is -1.78. The molecule has 2 rings (SSSR count). The number of nitrogens with one attached hydrogen (secondary N) is 1. The highest BCUT2D eigenvalue weighted by Gasteiger charge is 2.11. The number of aromatic nitrogens is 1. The molecule has 1 heterocycles. The lowest BCUT2D eigenvalue weighted by Crippen LogP contribution is -3.00. The second-order valence-electron chi connectivity index (χ2n) is 4.24. The van der Waals surface area contributed by atoms with Crippen LogP contribution in [0.1, 0.15) is 5.56 Å². The van der Waals surface area contributed by atoms with Gasteiger partial charge in [0.15, 0.2) is 11.9 Å². The molecule has 0 saturated carbocycles. The molecule has 0 saturated heterocycles. The van der Waals surface area contributed by atoms with E-state index < -0.39 is 0 Å². The van der Waals surface area contributed by atoms with Crippen molar-refractivity contribution in [3.05, 3.63) is 53.3 Å². The van der Waals surface area contributed by atoms with Gasteiger partial charge in [-0.15, -0.1) is 0 Å². The minimum absolute atomic E-state index is 0. The maximum atomic E-state index is 11.9. The van der Waals surface area contributed by atoms with Crippen LogP contribution in [-0.4, -0.2) is 11.0 Å². The van der Waals surface area contributed by atoms with Gasteiger partial charge >= 0.3 is 0 Å². The van der Waals surface area contributed by atoms with Crippen molar-refractivity contribution in [1.82, 2.24) is 0 Å². The summed E-state index contributed by atoms with van der Waals surface area (Å²) in [5.74, 6) is -0.0600. The van der Waals surface area contributed by atoms with Crippen LogP contribution in [0, 0.1) is 6.92 Å². The van der Waals surface area contributed by atoms with Crippen LogP contribution in [0.4, 0.5) is 5.69 Å². The minimum Gasteiger partial charge on any atom is -1.00 e. The maximum Gasteiger partial charge on any atom is 0.290 e. The number of nitrogens with zero attached hydrogens (tertiary/aromatic N) is 1. The molecule has 0 aliphatic heterocycles. The van der Waals surface area contributed by atoms with Crippen LogP contribution in [0.15, 0.2) is 42.7 Å². The second kappa shape index (κ2) is 7.12. The quantitative estimate of drug-likeness (QED) is 0.735. The first-order valence-electron chi connectivity index (χ1n) is 5.78. The summed E-state index contributed by atoms with van der Waals surface area (Å²) in [4.78, 5) is 11.9. The summed E-state index contributed by atoms with van der Waals surface area (Å²) in [6.07, 6.45) is 3.20. The van der Waals surface area contributed by atoms with Crippen LogP contribution in [0.2, 0.25) is 5.02 Å². The van der Waals surface area contributed by atoms with Crippen molar-refractivity contribution in [2.45, 2.75) is 13.5 Å². The first-order valence-corrected chi connectivity index (χ1v) is 6.16. The first-order chi connectivity index (χ1) is 9.04. The lowest BCUT2D eigenvalue weighted by atomic mass is 10.2. The SMILES string of the molecule is Cc1ccc(Cl)cc1NC(=O)C[n+]1cccc(O)c1.[Cl-]. The number of carbonyl (C=O) groups is 1. The molecule has 0 spiro atoms.